The number of halogens is 1. The van der Waals surface area contributed by atoms with Crippen LogP contribution in [0.1, 0.15) is 26.3 Å². The van der Waals surface area contributed by atoms with Crippen molar-refractivity contribution in [3.63, 3.8) is 0 Å². The molecule has 0 amide bonds. The normalized spacial score (nSPS) is 11.7. The Labute approximate surface area is 90.1 Å². The van der Waals surface area contributed by atoms with Crippen molar-refractivity contribution in [3.8, 4) is 5.75 Å². The van der Waals surface area contributed by atoms with Crippen molar-refractivity contribution in [1.82, 2.24) is 5.32 Å². The van der Waals surface area contributed by atoms with Crippen LogP contribution in [0.15, 0.2) is 18.2 Å². The number of rotatable bonds is 3. The lowest BCUT2D eigenvalue weighted by Crippen LogP contribution is -2.26. The van der Waals surface area contributed by atoms with Gasteiger partial charge in [0.2, 0.25) is 0 Å². The van der Waals surface area contributed by atoms with Crippen LogP contribution < -0.4 is 5.32 Å². The van der Waals surface area contributed by atoms with Crippen molar-refractivity contribution in [1.29, 1.82) is 0 Å². The lowest BCUT2D eigenvalue weighted by atomic mass is 9.97. The molecule has 0 aliphatic rings. The van der Waals surface area contributed by atoms with Crippen LogP contribution >= 0.6 is 0 Å². The van der Waals surface area contributed by atoms with E-state index in [0.29, 0.717) is 12.1 Å². The second-order valence-electron chi connectivity index (χ2n) is 4.94. The van der Waals surface area contributed by atoms with Crippen LogP contribution in [-0.2, 0) is 6.54 Å². The molecule has 0 saturated heterocycles. The Morgan fingerprint density at radius 2 is 2.00 bits per heavy atom. The van der Waals surface area contributed by atoms with E-state index in [1.54, 1.807) is 0 Å². The summed E-state index contributed by atoms with van der Waals surface area (Å²) in [5.74, 6) is -0.182. The Hall–Kier alpha value is -1.09. The molecule has 0 unspecified atom stereocenters. The van der Waals surface area contributed by atoms with Crippen molar-refractivity contribution in [2.24, 2.45) is 5.41 Å². The maximum atomic E-state index is 12.9. The summed E-state index contributed by atoms with van der Waals surface area (Å²) in [4.78, 5) is 0. The molecule has 0 spiro atoms. The zero-order valence-electron chi connectivity index (χ0n) is 9.47. The molecule has 1 aromatic carbocycles. The van der Waals surface area contributed by atoms with E-state index in [-0.39, 0.29) is 17.0 Å². The SMILES string of the molecule is CC(C)(C)CNCc1cc(F)ccc1O. The van der Waals surface area contributed by atoms with Crippen LogP contribution in [0.5, 0.6) is 5.75 Å². The molecule has 0 aliphatic carbocycles. The molecule has 1 rings (SSSR count). The highest BCUT2D eigenvalue weighted by atomic mass is 19.1. The Kier molecular flexibility index (Phi) is 3.69. The van der Waals surface area contributed by atoms with Gasteiger partial charge in [0.05, 0.1) is 0 Å². The molecule has 0 heterocycles. The van der Waals surface area contributed by atoms with Crippen LogP contribution in [0.25, 0.3) is 0 Å². The van der Waals surface area contributed by atoms with E-state index in [9.17, 15) is 9.50 Å². The predicted molar refractivity (Wildman–Crippen MR) is 59.2 cm³/mol. The zero-order valence-corrected chi connectivity index (χ0v) is 9.47. The summed E-state index contributed by atoms with van der Waals surface area (Å²) in [5.41, 5.74) is 0.780. The fourth-order valence-corrected chi connectivity index (χ4v) is 1.27. The predicted octanol–water partition coefficient (Wildman–Crippen LogP) is 2.67. The molecule has 0 radical (unpaired) electrons. The first-order valence-corrected chi connectivity index (χ1v) is 5.06. The summed E-state index contributed by atoms with van der Waals surface area (Å²) in [5, 5.41) is 12.6. The largest absolute Gasteiger partial charge is 0.508 e. The number of phenolic OH excluding ortho intramolecular Hbond substituents is 1. The van der Waals surface area contributed by atoms with E-state index in [0.717, 1.165) is 6.54 Å². The van der Waals surface area contributed by atoms with E-state index in [2.05, 4.69) is 26.1 Å². The summed E-state index contributed by atoms with van der Waals surface area (Å²) in [6.07, 6.45) is 0. The number of benzene rings is 1. The number of phenols is 1. The van der Waals surface area contributed by atoms with E-state index < -0.39 is 0 Å². The minimum atomic E-state index is -0.319. The summed E-state index contributed by atoms with van der Waals surface area (Å²) < 4.78 is 12.9. The number of aromatic hydroxyl groups is 1. The van der Waals surface area contributed by atoms with Gasteiger partial charge in [-0.3, -0.25) is 0 Å². The average molecular weight is 211 g/mol. The lowest BCUT2D eigenvalue weighted by molar-refractivity contribution is 0.376. The van der Waals surface area contributed by atoms with Crippen molar-refractivity contribution in [3.05, 3.63) is 29.6 Å². The molecule has 2 nitrogen and oxygen atoms in total. The Morgan fingerprint density at radius 1 is 1.33 bits per heavy atom. The van der Waals surface area contributed by atoms with E-state index in [4.69, 9.17) is 0 Å². The van der Waals surface area contributed by atoms with Crippen LogP contribution in [0, 0.1) is 11.2 Å². The summed E-state index contributed by atoms with van der Waals surface area (Å²) in [6.45, 7) is 7.66. The molecule has 0 fully saturated rings. The van der Waals surface area contributed by atoms with Gasteiger partial charge in [0.25, 0.3) is 0 Å². The first kappa shape index (κ1) is 12.0. The van der Waals surface area contributed by atoms with Gasteiger partial charge in [-0.2, -0.15) is 0 Å². The second kappa shape index (κ2) is 4.62. The zero-order chi connectivity index (χ0) is 11.5. The number of hydrogen-bond acceptors (Lipinski definition) is 2. The Balaban J connectivity index is 2.54. The first-order chi connectivity index (χ1) is 6.88. The van der Waals surface area contributed by atoms with Gasteiger partial charge in [-0.05, 0) is 23.6 Å². The molecule has 84 valence electrons. The van der Waals surface area contributed by atoms with Gasteiger partial charge in [-0.1, -0.05) is 20.8 Å². The molecule has 15 heavy (non-hydrogen) atoms. The molecular weight excluding hydrogens is 193 g/mol. The van der Waals surface area contributed by atoms with Gasteiger partial charge in [-0.25, -0.2) is 4.39 Å². The molecule has 0 aromatic heterocycles. The third kappa shape index (κ3) is 4.30. The quantitative estimate of drug-likeness (QED) is 0.805. The molecule has 0 aliphatic heterocycles. The van der Waals surface area contributed by atoms with Gasteiger partial charge in [0.1, 0.15) is 11.6 Å². The third-order valence-corrected chi connectivity index (χ3v) is 2.01. The first-order valence-electron chi connectivity index (χ1n) is 5.06. The Morgan fingerprint density at radius 3 is 2.60 bits per heavy atom. The topological polar surface area (TPSA) is 32.3 Å². The molecular formula is C12H18FNO. The fraction of sp³-hybridized carbons (Fsp3) is 0.500. The van der Waals surface area contributed by atoms with Crippen LogP contribution in [-0.4, -0.2) is 11.7 Å². The highest BCUT2D eigenvalue weighted by molar-refractivity contribution is 5.32. The average Bonchev–Trinajstić information content (AvgIpc) is 2.09. The molecule has 0 atom stereocenters. The van der Waals surface area contributed by atoms with Crippen molar-refractivity contribution in [2.75, 3.05) is 6.54 Å². The molecule has 0 bridgehead atoms. The number of hydrogen-bond donors (Lipinski definition) is 2. The van der Waals surface area contributed by atoms with Crippen molar-refractivity contribution >= 4 is 0 Å². The van der Waals surface area contributed by atoms with Gasteiger partial charge in [0.15, 0.2) is 0 Å². The fourth-order valence-electron chi connectivity index (χ4n) is 1.27. The smallest absolute Gasteiger partial charge is 0.123 e. The van der Waals surface area contributed by atoms with Crippen LogP contribution in [0.3, 0.4) is 0 Å². The maximum absolute atomic E-state index is 12.9. The second-order valence-corrected chi connectivity index (χ2v) is 4.94. The van der Waals surface area contributed by atoms with E-state index in [1.807, 2.05) is 0 Å². The lowest BCUT2D eigenvalue weighted by Gasteiger charge is -2.19. The molecule has 3 heteroatoms. The summed E-state index contributed by atoms with van der Waals surface area (Å²) in [7, 11) is 0. The van der Waals surface area contributed by atoms with E-state index >= 15 is 0 Å². The minimum Gasteiger partial charge on any atom is -0.508 e. The van der Waals surface area contributed by atoms with Gasteiger partial charge in [-0.15, -0.1) is 0 Å². The standard InChI is InChI=1S/C12H18FNO/c1-12(2,3)8-14-7-9-6-10(13)4-5-11(9)15/h4-6,14-15H,7-8H2,1-3H3. The van der Waals surface area contributed by atoms with Gasteiger partial charge >= 0.3 is 0 Å². The molecule has 2 N–H and O–H groups in total. The van der Waals surface area contributed by atoms with Crippen molar-refractivity contribution in [2.45, 2.75) is 27.3 Å². The molecule has 1 aromatic rings. The van der Waals surface area contributed by atoms with Crippen LogP contribution in [0.2, 0.25) is 0 Å². The van der Waals surface area contributed by atoms with Crippen LogP contribution in [0.4, 0.5) is 4.39 Å². The van der Waals surface area contributed by atoms with Crippen molar-refractivity contribution < 1.29 is 9.50 Å². The summed E-state index contributed by atoms with van der Waals surface area (Å²) in [6, 6.07) is 3.98. The van der Waals surface area contributed by atoms with Gasteiger partial charge in [0, 0.05) is 18.7 Å². The minimum absolute atomic E-state index is 0.137. The van der Waals surface area contributed by atoms with Gasteiger partial charge < -0.3 is 10.4 Å². The van der Waals surface area contributed by atoms with E-state index in [1.165, 1.54) is 18.2 Å². The highest BCUT2D eigenvalue weighted by Gasteiger charge is 2.09. The highest BCUT2D eigenvalue weighted by Crippen LogP contribution is 2.18. The molecule has 0 saturated carbocycles. The maximum Gasteiger partial charge on any atom is 0.123 e. The Bertz CT molecular complexity index is 331. The summed E-state index contributed by atoms with van der Waals surface area (Å²) >= 11 is 0. The monoisotopic (exact) mass is 211 g/mol. The number of nitrogens with one attached hydrogen (secondary N) is 1. The third-order valence-electron chi connectivity index (χ3n) is 2.01.